The third-order valence-corrected chi connectivity index (χ3v) is 8.60. The summed E-state index contributed by atoms with van der Waals surface area (Å²) in [5.41, 5.74) is -34.5. The Bertz CT molecular complexity index is 1830. The third kappa shape index (κ3) is 9.50. The summed E-state index contributed by atoms with van der Waals surface area (Å²) in [5, 5.41) is 0. The molecule has 4 rings (SSSR count). The normalized spacial score (nSPS) is 14.1. The molecule has 0 bridgehead atoms. The zero-order chi connectivity index (χ0) is 43.9. The molecule has 4 aromatic rings. The molecule has 0 aliphatic rings. The predicted molar refractivity (Wildman–Crippen MR) is 150 cm³/mol. The van der Waals surface area contributed by atoms with Gasteiger partial charge >= 0.3 is 79.0 Å². The first-order chi connectivity index (χ1) is 25.3. The summed E-state index contributed by atoms with van der Waals surface area (Å²) in [6.07, 6.45) is -57.3. The number of hydrogen-bond donors (Lipinski definition) is 0. The zero-order valence-corrected chi connectivity index (χ0v) is 29.6. The summed E-state index contributed by atoms with van der Waals surface area (Å²) in [6.45, 7) is 0. The van der Waals surface area contributed by atoms with Crippen LogP contribution >= 0.6 is 0 Å². The summed E-state index contributed by atoms with van der Waals surface area (Å²) in [7, 11) is 0. The number of rotatable bonds is 4. The minimum Gasteiger partial charge on any atom is -0.182 e. The van der Waals surface area contributed by atoms with E-state index in [1.807, 2.05) is 0 Å². The molecule has 58 heavy (non-hydrogen) atoms. The minimum atomic E-state index is -6.78. The van der Waals surface area contributed by atoms with Crippen LogP contribution < -0.4 is 51.4 Å². The second kappa shape index (κ2) is 15.1. The van der Waals surface area contributed by atoms with E-state index < -0.39 is 195 Å². The van der Waals surface area contributed by atoms with Gasteiger partial charge in [0.2, 0.25) is 0 Å². The third-order valence-electron chi connectivity index (χ3n) is 8.60. The van der Waals surface area contributed by atoms with Gasteiger partial charge in [0.15, 0.2) is 0 Å². The van der Waals surface area contributed by atoms with E-state index >= 15 is 0 Å². The maximum absolute atomic E-state index is 14.9. The van der Waals surface area contributed by atoms with Crippen LogP contribution in [0.1, 0.15) is 44.5 Å². The second-order valence-electron chi connectivity index (χ2n) is 12.1. The standard InChI is InChI=1S/C32H12BF24.Na/c34-25(35,36)13-1-5-17(29(46,47)48)21(9-13)33(22-10-14(26(37,38)39)2-6-18(22)30(49,50)51,23-11-15(27(40,41)42)3-7-19(23)31(52,53)54)24-12-16(28(43,44)45)4-8-20(24)32(55,56)57;/h1-12H;/q-1;+1. The summed E-state index contributed by atoms with van der Waals surface area (Å²) in [4.78, 5) is 0. The molecule has 0 aliphatic heterocycles. The van der Waals surface area contributed by atoms with E-state index in [4.69, 9.17) is 0 Å². The topological polar surface area (TPSA) is 0 Å². The molecule has 0 heterocycles. The molecule has 0 spiro atoms. The molecule has 0 nitrogen and oxygen atoms in total. The molecule has 4 aromatic carbocycles. The van der Waals surface area contributed by atoms with Crippen molar-refractivity contribution >= 4 is 28.0 Å². The molecule has 26 heteroatoms. The molecule has 0 saturated carbocycles. The van der Waals surface area contributed by atoms with Crippen molar-refractivity contribution in [3.8, 4) is 0 Å². The van der Waals surface area contributed by atoms with Crippen LogP contribution in [-0.2, 0) is 49.4 Å². The first kappa shape index (κ1) is 48.6. The molecular formula is C32H12BF24Na. The van der Waals surface area contributed by atoms with E-state index in [9.17, 15) is 105 Å². The molecule has 312 valence electrons. The average Bonchev–Trinajstić information content (AvgIpc) is 3.01. The van der Waals surface area contributed by atoms with Gasteiger partial charge in [0.05, 0.1) is 22.3 Å². The monoisotopic (exact) mass is 886 g/mol. The quantitative estimate of drug-likeness (QED) is 0.143. The van der Waals surface area contributed by atoms with Crippen molar-refractivity contribution in [2.75, 3.05) is 0 Å². The van der Waals surface area contributed by atoms with Gasteiger partial charge in [-0.25, -0.2) is 0 Å². The SMILES string of the molecule is FC(F)(F)c1ccc(C(F)(F)F)c([B-](c2cc(C(F)(F)F)ccc2C(F)(F)F)(c2cc(C(F)(F)F)ccc2C(F)(F)F)c2cc(C(F)(F)F)ccc2C(F)(F)F)c1.[Na+]. The van der Waals surface area contributed by atoms with Gasteiger partial charge in [-0.05, 0) is 24.3 Å². The number of hydrogen-bond acceptors (Lipinski definition) is 0. The van der Waals surface area contributed by atoms with Crippen LogP contribution in [0.15, 0.2) is 72.8 Å². The molecule has 0 N–H and O–H groups in total. The molecule has 0 aliphatic carbocycles. The van der Waals surface area contributed by atoms with E-state index in [0.717, 1.165) is 0 Å². The number of benzene rings is 4. The van der Waals surface area contributed by atoms with Gasteiger partial charge in [-0.15, -0.1) is 0 Å². The fourth-order valence-corrected chi connectivity index (χ4v) is 6.43. The minimum absolute atomic E-state index is 0. The molecule has 0 aromatic heterocycles. The van der Waals surface area contributed by atoms with E-state index in [1.165, 1.54) is 0 Å². The van der Waals surface area contributed by atoms with Gasteiger partial charge in [0.25, 0.3) is 0 Å². The van der Waals surface area contributed by atoms with Crippen LogP contribution in [0.25, 0.3) is 0 Å². The van der Waals surface area contributed by atoms with Gasteiger partial charge in [-0.3, -0.25) is 0 Å². The van der Waals surface area contributed by atoms with Crippen molar-refractivity contribution < 1.29 is 135 Å². The molecule has 0 saturated heterocycles. The Kier molecular flexibility index (Phi) is 12.6. The van der Waals surface area contributed by atoms with E-state index in [-0.39, 0.29) is 29.6 Å². The Labute approximate surface area is 329 Å². The van der Waals surface area contributed by atoms with Crippen LogP contribution in [-0.4, -0.2) is 6.15 Å². The fourth-order valence-electron chi connectivity index (χ4n) is 6.43. The van der Waals surface area contributed by atoms with Crippen LogP contribution in [0.4, 0.5) is 105 Å². The molecule has 0 unspecified atom stereocenters. The van der Waals surface area contributed by atoms with Crippen molar-refractivity contribution in [3.63, 3.8) is 0 Å². The van der Waals surface area contributed by atoms with Crippen LogP contribution in [0.3, 0.4) is 0 Å². The van der Waals surface area contributed by atoms with Crippen LogP contribution in [0.2, 0.25) is 0 Å². The molecule has 0 atom stereocenters. The number of halogens is 24. The summed E-state index contributed by atoms with van der Waals surface area (Å²) in [6, 6.07) is -10.2. The average molecular weight is 886 g/mol. The Morgan fingerprint density at radius 3 is 0.517 bits per heavy atom. The summed E-state index contributed by atoms with van der Waals surface area (Å²) >= 11 is 0. The second-order valence-corrected chi connectivity index (χ2v) is 12.1. The van der Waals surface area contributed by atoms with Crippen LogP contribution in [0.5, 0.6) is 0 Å². The summed E-state index contributed by atoms with van der Waals surface area (Å²) < 4.78 is 349. The van der Waals surface area contributed by atoms with Gasteiger partial charge in [0.1, 0.15) is 6.15 Å². The maximum Gasteiger partial charge on any atom is 1.00 e. The van der Waals surface area contributed by atoms with Crippen molar-refractivity contribution in [3.05, 3.63) is 117 Å². The van der Waals surface area contributed by atoms with Gasteiger partial charge in [-0.2, -0.15) is 127 Å². The maximum atomic E-state index is 14.9. The van der Waals surface area contributed by atoms with Crippen LogP contribution in [0, 0.1) is 0 Å². The van der Waals surface area contributed by atoms with Crippen molar-refractivity contribution in [2.24, 2.45) is 0 Å². The van der Waals surface area contributed by atoms with E-state index in [2.05, 4.69) is 0 Å². The predicted octanol–water partition coefficient (Wildman–Crippen LogP) is 8.22. The Balaban J connectivity index is 0.00000900. The van der Waals surface area contributed by atoms with Crippen molar-refractivity contribution in [2.45, 2.75) is 49.4 Å². The Morgan fingerprint density at radius 1 is 0.241 bits per heavy atom. The Hall–Kier alpha value is -3.74. The van der Waals surface area contributed by atoms with Crippen molar-refractivity contribution in [1.29, 1.82) is 0 Å². The van der Waals surface area contributed by atoms with Gasteiger partial charge in [0, 0.05) is 22.3 Å². The van der Waals surface area contributed by atoms with Gasteiger partial charge < -0.3 is 0 Å². The molecule has 0 amide bonds. The molecule has 0 fully saturated rings. The zero-order valence-electron chi connectivity index (χ0n) is 27.6. The van der Waals surface area contributed by atoms with Crippen molar-refractivity contribution in [1.82, 2.24) is 0 Å². The molecular weight excluding hydrogens is 874 g/mol. The first-order valence-corrected chi connectivity index (χ1v) is 14.6. The molecule has 0 radical (unpaired) electrons. The van der Waals surface area contributed by atoms with E-state index in [0.29, 0.717) is 0 Å². The smallest absolute Gasteiger partial charge is 0.182 e. The van der Waals surface area contributed by atoms with Gasteiger partial charge in [-0.1, -0.05) is 48.5 Å². The largest absolute Gasteiger partial charge is 1.00 e. The number of alkyl halides is 24. The van der Waals surface area contributed by atoms with E-state index in [1.54, 1.807) is 0 Å². The Morgan fingerprint density at radius 2 is 0.397 bits per heavy atom. The summed E-state index contributed by atoms with van der Waals surface area (Å²) in [5.74, 6) is 0. The first-order valence-electron chi connectivity index (χ1n) is 14.6. The fraction of sp³-hybridized carbons (Fsp3) is 0.250.